The largest absolute Gasteiger partial charge is 0.481 e. The average molecular weight is 275 g/mol. The van der Waals surface area contributed by atoms with Crippen molar-refractivity contribution in [2.24, 2.45) is 17.3 Å². The molecule has 1 aliphatic rings. The molecule has 1 amide bonds. The Morgan fingerprint density at radius 1 is 1.30 bits per heavy atom. The van der Waals surface area contributed by atoms with Crippen LogP contribution in [0.15, 0.2) is 24.3 Å². The number of hydrogen-bond acceptors (Lipinski definition) is 2. The minimum absolute atomic E-state index is 0.0797. The molecule has 1 N–H and O–H groups in total. The van der Waals surface area contributed by atoms with Crippen molar-refractivity contribution in [2.45, 2.75) is 27.3 Å². The second kappa shape index (κ2) is 4.93. The van der Waals surface area contributed by atoms with E-state index in [1.54, 1.807) is 11.9 Å². The summed E-state index contributed by atoms with van der Waals surface area (Å²) in [5.41, 5.74) is 1.77. The SMILES string of the molecule is Cc1cccc(CN(C)C(=O)[C@H]2[C@@H](C(=O)O)C2(C)C)c1. The summed E-state index contributed by atoms with van der Waals surface area (Å²) in [6, 6.07) is 7.99. The van der Waals surface area contributed by atoms with Gasteiger partial charge in [-0.15, -0.1) is 0 Å². The van der Waals surface area contributed by atoms with Gasteiger partial charge in [0, 0.05) is 13.6 Å². The van der Waals surface area contributed by atoms with Gasteiger partial charge in [-0.05, 0) is 17.9 Å². The van der Waals surface area contributed by atoms with Gasteiger partial charge in [0.15, 0.2) is 0 Å². The number of benzene rings is 1. The zero-order chi connectivity index (χ0) is 15.1. The van der Waals surface area contributed by atoms with E-state index in [0.717, 1.165) is 11.1 Å². The first-order valence-electron chi connectivity index (χ1n) is 6.78. The normalized spacial score (nSPS) is 23.2. The highest BCUT2D eigenvalue weighted by Crippen LogP contribution is 2.58. The van der Waals surface area contributed by atoms with E-state index in [2.05, 4.69) is 0 Å². The van der Waals surface area contributed by atoms with Crippen LogP contribution < -0.4 is 0 Å². The number of carbonyl (C=O) groups is 2. The molecule has 4 heteroatoms. The zero-order valence-electron chi connectivity index (χ0n) is 12.4. The number of aryl methyl sites for hydroxylation is 1. The molecule has 4 nitrogen and oxygen atoms in total. The lowest BCUT2D eigenvalue weighted by Gasteiger charge is -2.18. The highest BCUT2D eigenvalue weighted by atomic mass is 16.4. The van der Waals surface area contributed by atoms with Gasteiger partial charge in [0.1, 0.15) is 0 Å². The van der Waals surface area contributed by atoms with Crippen LogP contribution >= 0.6 is 0 Å². The maximum Gasteiger partial charge on any atom is 0.307 e. The molecular weight excluding hydrogens is 254 g/mol. The Kier molecular flexibility index (Phi) is 3.59. The van der Waals surface area contributed by atoms with Crippen molar-refractivity contribution in [3.05, 3.63) is 35.4 Å². The van der Waals surface area contributed by atoms with Gasteiger partial charge in [0.05, 0.1) is 11.8 Å². The number of hydrogen-bond donors (Lipinski definition) is 1. The molecule has 0 spiro atoms. The fraction of sp³-hybridized carbons (Fsp3) is 0.500. The molecule has 0 aliphatic heterocycles. The minimum atomic E-state index is -0.877. The number of carbonyl (C=O) groups excluding carboxylic acids is 1. The van der Waals surface area contributed by atoms with Gasteiger partial charge < -0.3 is 10.0 Å². The summed E-state index contributed by atoms with van der Waals surface area (Å²) in [7, 11) is 1.73. The number of rotatable bonds is 4. The Labute approximate surface area is 119 Å². The number of amides is 1. The first-order valence-corrected chi connectivity index (χ1v) is 6.78. The van der Waals surface area contributed by atoms with Gasteiger partial charge >= 0.3 is 5.97 Å². The second-order valence-electron chi connectivity index (χ2n) is 6.30. The van der Waals surface area contributed by atoms with Crippen LogP contribution in [0.25, 0.3) is 0 Å². The highest BCUT2D eigenvalue weighted by Gasteiger charge is 2.66. The van der Waals surface area contributed by atoms with E-state index in [1.807, 2.05) is 45.0 Å². The monoisotopic (exact) mass is 275 g/mol. The second-order valence-corrected chi connectivity index (χ2v) is 6.30. The van der Waals surface area contributed by atoms with Crippen molar-refractivity contribution in [1.29, 1.82) is 0 Å². The van der Waals surface area contributed by atoms with Crippen molar-refractivity contribution in [2.75, 3.05) is 7.05 Å². The van der Waals surface area contributed by atoms with Crippen molar-refractivity contribution >= 4 is 11.9 Å². The summed E-state index contributed by atoms with van der Waals surface area (Å²) in [6.07, 6.45) is 0. The predicted octanol–water partition coefficient (Wildman–Crippen LogP) is 2.31. The van der Waals surface area contributed by atoms with E-state index in [9.17, 15) is 9.59 Å². The molecule has 0 aromatic heterocycles. The van der Waals surface area contributed by atoms with Gasteiger partial charge in [-0.1, -0.05) is 43.7 Å². The van der Waals surface area contributed by atoms with Gasteiger partial charge in [-0.3, -0.25) is 9.59 Å². The van der Waals surface area contributed by atoms with Gasteiger partial charge in [0.25, 0.3) is 0 Å². The van der Waals surface area contributed by atoms with E-state index >= 15 is 0 Å². The summed E-state index contributed by atoms with van der Waals surface area (Å²) in [6.45, 7) is 6.21. The van der Waals surface area contributed by atoms with Crippen molar-refractivity contribution < 1.29 is 14.7 Å². The Morgan fingerprint density at radius 2 is 1.95 bits per heavy atom. The van der Waals surface area contributed by atoms with Crippen LogP contribution in [0, 0.1) is 24.2 Å². The fourth-order valence-corrected chi connectivity index (χ4v) is 2.96. The molecular formula is C16H21NO3. The van der Waals surface area contributed by atoms with Gasteiger partial charge in [-0.25, -0.2) is 0 Å². The Balaban J connectivity index is 2.05. The number of carboxylic acid groups (broad SMARTS) is 1. The summed E-state index contributed by atoms with van der Waals surface area (Å²) in [5, 5.41) is 9.15. The molecule has 0 unspecified atom stereocenters. The Morgan fingerprint density at radius 3 is 2.45 bits per heavy atom. The van der Waals surface area contributed by atoms with Gasteiger partial charge in [-0.2, -0.15) is 0 Å². The molecule has 0 heterocycles. The van der Waals surface area contributed by atoms with Crippen molar-refractivity contribution in [3.63, 3.8) is 0 Å². The first kappa shape index (κ1) is 14.6. The lowest BCUT2D eigenvalue weighted by molar-refractivity contribution is -0.141. The van der Waals surface area contributed by atoms with Crippen LogP contribution in [0.2, 0.25) is 0 Å². The Bertz CT molecular complexity index is 550. The third-order valence-electron chi connectivity index (χ3n) is 4.24. The van der Waals surface area contributed by atoms with Crippen LogP contribution in [0.4, 0.5) is 0 Å². The fourth-order valence-electron chi connectivity index (χ4n) is 2.96. The molecule has 0 bridgehead atoms. The van der Waals surface area contributed by atoms with E-state index in [4.69, 9.17) is 5.11 Å². The molecule has 2 atom stereocenters. The third-order valence-corrected chi connectivity index (χ3v) is 4.24. The van der Waals surface area contributed by atoms with E-state index in [-0.39, 0.29) is 5.91 Å². The molecule has 108 valence electrons. The quantitative estimate of drug-likeness (QED) is 0.917. The van der Waals surface area contributed by atoms with Crippen LogP contribution in [-0.2, 0) is 16.1 Å². The number of aliphatic carboxylic acids is 1. The molecule has 2 rings (SSSR count). The third kappa shape index (κ3) is 2.55. The highest BCUT2D eigenvalue weighted by molar-refractivity contribution is 5.91. The van der Waals surface area contributed by atoms with E-state index in [1.165, 1.54) is 0 Å². The van der Waals surface area contributed by atoms with Crippen molar-refractivity contribution in [3.8, 4) is 0 Å². The maximum atomic E-state index is 12.4. The van der Waals surface area contributed by atoms with Crippen LogP contribution in [-0.4, -0.2) is 28.9 Å². The molecule has 20 heavy (non-hydrogen) atoms. The standard InChI is InChI=1S/C16H21NO3/c1-10-6-5-7-11(8-10)9-17(4)14(18)12-13(15(19)20)16(12,2)3/h5-8,12-13H,9H2,1-4H3,(H,19,20)/t12-,13+/m1/s1. The molecule has 1 aliphatic carbocycles. The Hall–Kier alpha value is -1.84. The molecule has 0 radical (unpaired) electrons. The van der Waals surface area contributed by atoms with E-state index in [0.29, 0.717) is 6.54 Å². The number of nitrogens with zero attached hydrogens (tertiary/aromatic N) is 1. The molecule has 1 fully saturated rings. The maximum absolute atomic E-state index is 12.4. The minimum Gasteiger partial charge on any atom is -0.481 e. The predicted molar refractivity (Wildman–Crippen MR) is 76.0 cm³/mol. The van der Waals surface area contributed by atoms with Crippen molar-refractivity contribution in [1.82, 2.24) is 4.90 Å². The van der Waals surface area contributed by atoms with Crippen LogP contribution in [0.3, 0.4) is 0 Å². The zero-order valence-corrected chi connectivity index (χ0v) is 12.4. The summed E-state index contributed by atoms with van der Waals surface area (Å²) in [5.74, 6) is -1.93. The summed E-state index contributed by atoms with van der Waals surface area (Å²) in [4.78, 5) is 25.2. The smallest absolute Gasteiger partial charge is 0.307 e. The van der Waals surface area contributed by atoms with Crippen LogP contribution in [0.5, 0.6) is 0 Å². The van der Waals surface area contributed by atoms with E-state index < -0.39 is 23.2 Å². The molecule has 0 saturated heterocycles. The lowest BCUT2D eigenvalue weighted by atomic mass is 10.1. The summed E-state index contributed by atoms with van der Waals surface area (Å²) < 4.78 is 0. The number of carboxylic acids is 1. The molecule has 1 aromatic carbocycles. The topological polar surface area (TPSA) is 57.6 Å². The first-order chi connectivity index (χ1) is 9.25. The summed E-state index contributed by atoms with van der Waals surface area (Å²) >= 11 is 0. The molecule has 1 saturated carbocycles. The van der Waals surface area contributed by atoms with Crippen LogP contribution in [0.1, 0.15) is 25.0 Å². The van der Waals surface area contributed by atoms with Gasteiger partial charge in [0.2, 0.25) is 5.91 Å². The molecule has 1 aromatic rings. The lowest BCUT2D eigenvalue weighted by Crippen LogP contribution is -2.29. The average Bonchev–Trinajstić information content (AvgIpc) is 2.91.